The van der Waals surface area contributed by atoms with Crippen molar-refractivity contribution in [3.05, 3.63) is 126 Å². The van der Waals surface area contributed by atoms with Gasteiger partial charge in [0.1, 0.15) is 0 Å². The number of carbonyl (C=O) groups is 1. The third kappa shape index (κ3) is 4.18. The number of esters is 1. The van der Waals surface area contributed by atoms with Gasteiger partial charge in [-0.05, 0) is 71.7 Å². The lowest BCUT2D eigenvalue weighted by molar-refractivity contribution is 0.0600. The summed E-state index contributed by atoms with van der Waals surface area (Å²) < 4.78 is 7.27. The Balaban J connectivity index is 1.54. The molecule has 7 heteroatoms. The highest BCUT2D eigenvalue weighted by Gasteiger charge is 2.32. The van der Waals surface area contributed by atoms with Crippen LogP contribution in [0, 0.1) is 0 Å². The summed E-state index contributed by atoms with van der Waals surface area (Å²) in [7, 11) is 1.36. The maximum absolute atomic E-state index is 13.8. The van der Waals surface area contributed by atoms with Crippen molar-refractivity contribution >= 4 is 40.8 Å². The summed E-state index contributed by atoms with van der Waals surface area (Å²) in [6, 6.07) is 23.8. The minimum absolute atomic E-state index is 0.0508. The molecule has 0 N–H and O–H groups in total. The summed E-state index contributed by atoms with van der Waals surface area (Å²) in [6.07, 6.45) is 5.73. The van der Waals surface area contributed by atoms with Crippen LogP contribution in [0.15, 0.2) is 93.1 Å². The smallest absolute Gasteiger partial charge is 0.337 e. The molecule has 1 aliphatic heterocycles. The molecule has 0 saturated heterocycles. The van der Waals surface area contributed by atoms with Gasteiger partial charge < -0.3 is 4.74 Å². The van der Waals surface area contributed by atoms with Gasteiger partial charge in [-0.2, -0.15) is 0 Å². The number of methoxy groups -OCH3 is 1. The van der Waals surface area contributed by atoms with E-state index in [9.17, 15) is 9.59 Å². The highest BCUT2D eigenvalue weighted by atomic mass is 32.2. The van der Waals surface area contributed by atoms with Crippen LogP contribution in [0.4, 0.5) is 0 Å². The average molecular weight is 525 g/mol. The van der Waals surface area contributed by atoms with Crippen molar-refractivity contribution < 1.29 is 9.53 Å². The number of hydrogen-bond donors (Lipinski definition) is 0. The number of rotatable bonds is 4. The Morgan fingerprint density at radius 1 is 1.05 bits per heavy atom. The quantitative estimate of drug-likeness (QED) is 0.284. The van der Waals surface area contributed by atoms with E-state index in [1.165, 1.54) is 34.5 Å². The molecular formula is C30H24N2O3S2. The summed E-state index contributed by atoms with van der Waals surface area (Å²) in [4.78, 5) is 32.6. The molecule has 2 heterocycles. The van der Waals surface area contributed by atoms with Crippen LogP contribution in [-0.4, -0.2) is 23.9 Å². The zero-order valence-electron chi connectivity index (χ0n) is 20.4. The van der Waals surface area contributed by atoms with E-state index in [-0.39, 0.29) is 17.6 Å². The molecule has 0 saturated carbocycles. The van der Waals surface area contributed by atoms with Crippen LogP contribution in [0.2, 0.25) is 0 Å². The molecule has 1 aromatic heterocycles. The first-order valence-electron chi connectivity index (χ1n) is 12.0. The normalized spacial score (nSPS) is 16.5. The molecule has 6 rings (SSSR count). The van der Waals surface area contributed by atoms with Gasteiger partial charge in [0.2, 0.25) is 0 Å². The number of allylic oxidation sites excluding steroid dienone is 1. The highest BCUT2D eigenvalue weighted by Crippen LogP contribution is 2.41. The second-order valence-electron chi connectivity index (χ2n) is 9.00. The van der Waals surface area contributed by atoms with E-state index in [1.807, 2.05) is 22.8 Å². The van der Waals surface area contributed by atoms with E-state index in [2.05, 4.69) is 54.8 Å². The van der Waals surface area contributed by atoms with Gasteiger partial charge in [-0.15, -0.1) is 11.8 Å². The van der Waals surface area contributed by atoms with Gasteiger partial charge in [0.15, 0.2) is 4.80 Å². The summed E-state index contributed by atoms with van der Waals surface area (Å²) in [5.41, 5.74) is 7.00. The van der Waals surface area contributed by atoms with Crippen molar-refractivity contribution in [1.82, 2.24) is 4.57 Å². The number of thiazole rings is 1. The van der Waals surface area contributed by atoms with Gasteiger partial charge in [0.25, 0.3) is 5.56 Å². The van der Waals surface area contributed by atoms with Crippen LogP contribution < -0.4 is 14.9 Å². The molecule has 2 aliphatic rings. The molecule has 0 spiro atoms. The van der Waals surface area contributed by atoms with E-state index >= 15 is 0 Å². The van der Waals surface area contributed by atoms with Gasteiger partial charge in [-0.1, -0.05) is 59.9 Å². The fourth-order valence-electron chi connectivity index (χ4n) is 5.09. The molecule has 1 atom stereocenters. The number of thioether (sulfide) groups is 1. The van der Waals surface area contributed by atoms with Crippen molar-refractivity contribution in [2.75, 3.05) is 13.4 Å². The molecule has 0 bridgehead atoms. The highest BCUT2D eigenvalue weighted by molar-refractivity contribution is 7.98. The molecule has 0 radical (unpaired) electrons. The first-order chi connectivity index (χ1) is 18.1. The Morgan fingerprint density at radius 3 is 2.54 bits per heavy atom. The summed E-state index contributed by atoms with van der Waals surface area (Å²) in [5.74, 6) is -0.385. The van der Waals surface area contributed by atoms with Crippen LogP contribution >= 0.6 is 23.1 Å². The van der Waals surface area contributed by atoms with Crippen molar-refractivity contribution in [3.8, 4) is 0 Å². The fraction of sp³-hybridized carbons (Fsp3) is 0.167. The van der Waals surface area contributed by atoms with Crippen molar-refractivity contribution in [2.24, 2.45) is 4.99 Å². The van der Waals surface area contributed by atoms with Gasteiger partial charge in [-0.25, -0.2) is 9.79 Å². The first kappa shape index (κ1) is 23.7. The monoisotopic (exact) mass is 524 g/mol. The number of fused-ring (bicyclic) bond motifs is 3. The number of aryl methyl sites for hydroxylation is 1. The third-order valence-electron chi connectivity index (χ3n) is 6.93. The van der Waals surface area contributed by atoms with Crippen LogP contribution in [0.1, 0.15) is 45.1 Å². The largest absolute Gasteiger partial charge is 0.465 e. The molecule has 5 nitrogen and oxygen atoms in total. The topological polar surface area (TPSA) is 60.7 Å². The minimum Gasteiger partial charge on any atom is -0.465 e. The number of aromatic nitrogens is 1. The number of hydrogen-bond acceptors (Lipinski definition) is 6. The molecule has 0 amide bonds. The molecular weight excluding hydrogens is 500 g/mol. The number of nitrogens with zero attached hydrogens (tertiary/aromatic N) is 2. The van der Waals surface area contributed by atoms with Gasteiger partial charge in [0.05, 0.1) is 28.9 Å². The zero-order valence-corrected chi connectivity index (χ0v) is 22.1. The molecule has 0 fully saturated rings. The van der Waals surface area contributed by atoms with E-state index in [0.29, 0.717) is 14.9 Å². The van der Waals surface area contributed by atoms with Crippen LogP contribution in [0.5, 0.6) is 0 Å². The van der Waals surface area contributed by atoms with Crippen LogP contribution in [-0.2, 0) is 11.2 Å². The molecule has 4 aromatic rings. The Kier molecular flexibility index (Phi) is 6.18. The van der Waals surface area contributed by atoms with Crippen molar-refractivity contribution in [2.45, 2.75) is 23.8 Å². The predicted molar refractivity (Wildman–Crippen MR) is 149 cm³/mol. The maximum atomic E-state index is 13.8. The van der Waals surface area contributed by atoms with E-state index in [0.717, 1.165) is 35.2 Å². The second-order valence-corrected chi connectivity index (χ2v) is 10.9. The van der Waals surface area contributed by atoms with Crippen LogP contribution in [0.3, 0.4) is 0 Å². The number of benzene rings is 3. The predicted octanol–water partition coefficient (Wildman–Crippen LogP) is 4.83. The SMILES string of the molecule is COC(=O)c1ccc(/C=c2\sc3n(c2=O)C(c2ccc(SC)cc2)C2=C(N=3)c3ccccc3CC2)cc1. The lowest BCUT2D eigenvalue weighted by atomic mass is 9.83. The van der Waals surface area contributed by atoms with Gasteiger partial charge in [0, 0.05) is 10.5 Å². The summed E-state index contributed by atoms with van der Waals surface area (Å²) in [5, 5.41) is 0. The third-order valence-corrected chi connectivity index (χ3v) is 8.66. The molecule has 3 aromatic carbocycles. The van der Waals surface area contributed by atoms with Crippen molar-refractivity contribution in [3.63, 3.8) is 0 Å². The Morgan fingerprint density at radius 2 is 1.81 bits per heavy atom. The Labute approximate surface area is 222 Å². The summed E-state index contributed by atoms with van der Waals surface area (Å²) >= 11 is 3.11. The van der Waals surface area contributed by atoms with E-state index < -0.39 is 0 Å². The maximum Gasteiger partial charge on any atom is 0.337 e. The average Bonchev–Trinajstić information content (AvgIpc) is 3.26. The van der Waals surface area contributed by atoms with E-state index in [4.69, 9.17) is 9.73 Å². The Bertz CT molecular complexity index is 1730. The molecule has 37 heavy (non-hydrogen) atoms. The van der Waals surface area contributed by atoms with Gasteiger partial charge >= 0.3 is 5.97 Å². The fourth-order valence-corrected chi connectivity index (χ4v) is 6.50. The van der Waals surface area contributed by atoms with Crippen molar-refractivity contribution in [1.29, 1.82) is 0 Å². The molecule has 1 aliphatic carbocycles. The number of carbonyl (C=O) groups excluding carboxylic acids is 1. The zero-order chi connectivity index (χ0) is 25.5. The lowest BCUT2D eigenvalue weighted by Gasteiger charge is -2.30. The first-order valence-corrected chi connectivity index (χ1v) is 14.1. The summed E-state index contributed by atoms with van der Waals surface area (Å²) in [6.45, 7) is 0. The molecule has 1 unspecified atom stereocenters. The molecule has 184 valence electrons. The minimum atomic E-state index is -0.385. The lowest BCUT2D eigenvalue weighted by Crippen LogP contribution is -2.38. The second kappa shape index (κ2) is 9.65. The van der Waals surface area contributed by atoms with Crippen LogP contribution in [0.25, 0.3) is 11.8 Å². The standard InChI is InChI=1S/C30H24N2O3S2/c1-35-29(34)21-9-7-18(8-10-21)17-25-28(33)32-27(20-11-14-22(36-2)15-12-20)24-16-13-19-5-3-4-6-23(19)26(24)31-30(32)37-25/h3-12,14-15,17,27H,13,16H2,1-2H3/b25-17-. The Hall–Kier alpha value is -3.68. The number of ether oxygens (including phenoxy) is 1. The van der Waals surface area contributed by atoms with E-state index in [1.54, 1.807) is 23.9 Å². The van der Waals surface area contributed by atoms with Gasteiger partial charge in [-0.3, -0.25) is 9.36 Å².